The van der Waals surface area contributed by atoms with E-state index in [0.717, 1.165) is 0 Å². The van der Waals surface area contributed by atoms with Gasteiger partial charge in [-0.1, -0.05) is 20.8 Å². The van der Waals surface area contributed by atoms with Gasteiger partial charge in [0.1, 0.15) is 5.75 Å². The van der Waals surface area contributed by atoms with Gasteiger partial charge in [0, 0.05) is 43.1 Å². The first-order valence-electron chi connectivity index (χ1n) is 10.2. The normalized spacial score (nSPS) is 12.0. The first-order valence-corrected chi connectivity index (χ1v) is 10.2. The number of methoxy groups -OCH3 is 1. The summed E-state index contributed by atoms with van der Waals surface area (Å²) in [5.74, 6) is 0.119. The second-order valence-electron chi connectivity index (χ2n) is 8.39. The highest BCUT2D eigenvalue weighted by Crippen LogP contribution is 2.28. The summed E-state index contributed by atoms with van der Waals surface area (Å²) < 4.78 is 7.33. The van der Waals surface area contributed by atoms with Crippen molar-refractivity contribution in [3.05, 3.63) is 67.0 Å². The summed E-state index contributed by atoms with van der Waals surface area (Å²) in [7, 11) is 1.50. The van der Waals surface area contributed by atoms with Crippen LogP contribution in [0.25, 0.3) is 0 Å². The van der Waals surface area contributed by atoms with E-state index in [0.29, 0.717) is 29.2 Å². The number of benzene rings is 1. The highest BCUT2D eigenvalue weighted by molar-refractivity contribution is 6.05. The molecule has 32 heavy (non-hydrogen) atoms. The van der Waals surface area contributed by atoms with E-state index in [1.807, 2.05) is 10.8 Å². The minimum Gasteiger partial charge on any atom is -0.494 e. The van der Waals surface area contributed by atoms with Gasteiger partial charge in [-0.05, 0) is 29.7 Å². The predicted octanol–water partition coefficient (Wildman–Crippen LogP) is 3.78. The van der Waals surface area contributed by atoms with E-state index in [4.69, 9.17) is 4.74 Å². The van der Waals surface area contributed by atoms with Crippen molar-refractivity contribution in [2.45, 2.75) is 33.4 Å². The monoisotopic (exact) mass is 436 g/mol. The van der Waals surface area contributed by atoms with Crippen molar-refractivity contribution in [3.8, 4) is 5.75 Å². The second-order valence-corrected chi connectivity index (χ2v) is 8.39. The van der Waals surface area contributed by atoms with Crippen LogP contribution in [0.3, 0.4) is 0 Å². The number of imidazole rings is 1. The van der Waals surface area contributed by atoms with Gasteiger partial charge in [-0.25, -0.2) is 9.78 Å². The number of rotatable bonds is 7. The van der Waals surface area contributed by atoms with Gasteiger partial charge in [-0.2, -0.15) is 0 Å². The van der Waals surface area contributed by atoms with Crippen LogP contribution in [0.5, 0.6) is 5.75 Å². The fourth-order valence-electron chi connectivity index (χ4n) is 3.03. The van der Waals surface area contributed by atoms with Gasteiger partial charge in [0.05, 0.1) is 30.7 Å². The zero-order valence-corrected chi connectivity index (χ0v) is 18.6. The molecule has 0 aliphatic rings. The lowest BCUT2D eigenvalue weighted by Gasteiger charge is -2.31. The molecule has 0 unspecified atom stereocenters. The van der Waals surface area contributed by atoms with E-state index in [1.54, 1.807) is 49.1 Å². The number of hydrogen-bond donors (Lipinski definition) is 3. The van der Waals surface area contributed by atoms with Crippen molar-refractivity contribution in [2.24, 2.45) is 5.41 Å². The van der Waals surface area contributed by atoms with E-state index in [-0.39, 0.29) is 23.4 Å². The number of pyridine rings is 1. The minimum absolute atomic E-state index is 0.128. The molecule has 9 nitrogen and oxygen atoms in total. The lowest BCUT2D eigenvalue weighted by Crippen LogP contribution is -2.47. The van der Waals surface area contributed by atoms with Gasteiger partial charge < -0.3 is 25.3 Å². The van der Waals surface area contributed by atoms with Crippen molar-refractivity contribution in [1.29, 1.82) is 0 Å². The molecule has 2 heterocycles. The highest BCUT2D eigenvalue weighted by atomic mass is 16.5. The van der Waals surface area contributed by atoms with Crippen LogP contribution in [-0.2, 0) is 6.54 Å². The average Bonchev–Trinajstić information content (AvgIpc) is 3.27. The number of nitrogens with one attached hydrogen (secondary N) is 3. The van der Waals surface area contributed by atoms with Crippen molar-refractivity contribution in [3.63, 3.8) is 0 Å². The van der Waals surface area contributed by atoms with Gasteiger partial charge in [0.15, 0.2) is 0 Å². The molecule has 0 saturated carbocycles. The zero-order valence-electron chi connectivity index (χ0n) is 18.6. The van der Waals surface area contributed by atoms with E-state index >= 15 is 0 Å². The van der Waals surface area contributed by atoms with Crippen molar-refractivity contribution in [2.75, 3.05) is 17.7 Å². The van der Waals surface area contributed by atoms with Gasteiger partial charge in [-0.15, -0.1) is 0 Å². The lowest BCUT2D eigenvalue weighted by molar-refractivity contribution is 0.102. The number of carbonyl (C=O) groups excluding carboxylic acids is 2. The SMILES string of the molecule is COc1cc(NC(=O)N[C@@H](Cn2ccnc2)C(C)(C)C)ccc1NC(=O)c1cccnc1. The van der Waals surface area contributed by atoms with Crippen molar-refractivity contribution >= 4 is 23.3 Å². The Labute approximate surface area is 187 Å². The van der Waals surface area contributed by atoms with Crippen LogP contribution in [0.1, 0.15) is 31.1 Å². The molecule has 0 spiro atoms. The molecule has 0 radical (unpaired) electrons. The summed E-state index contributed by atoms with van der Waals surface area (Å²) in [6.45, 7) is 6.80. The predicted molar refractivity (Wildman–Crippen MR) is 123 cm³/mol. The minimum atomic E-state index is -0.334. The standard InChI is InChI=1S/C23H28N6O3/c1-23(2,3)20(14-29-11-10-25-15-29)28-22(31)26-17-7-8-18(19(12-17)32-4)27-21(30)16-6-5-9-24-13-16/h5-13,15,20H,14H2,1-4H3,(H,27,30)(H2,26,28,31)/t20-/m0/s1. The molecule has 1 atom stereocenters. The summed E-state index contributed by atoms with van der Waals surface area (Å²) in [5.41, 5.74) is 1.29. The summed E-state index contributed by atoms with van der Waals surface area (Å²) >= 11 is 0. The molecule has 0 aliphatic heterocycles. The molecular weight excluding hydrogens is 408 g/mol. The number of carbonyl (C=O) groups is 2. The van der Waals surface area contributed by atoms with E-state index < -0.39 is 0 Å². The Balaban J connectivity index is 1.67. The Hall–Kier alpha value is -3.88. The average molecular weight is 437 g/mol. The number of hydrogen-bond acceptors (Lipinski definition) is 5. The number of aromatic nitrogens is 3. The molecule has 0 saturated heterocycles. The number of urea groups is 1. The number of ether oxygens (including phenoxy) is 1. The van der Waals surface area contributed by atoms with Crippen LogP contribution in [-0.4, -0.2) is 39.6 Å². The van der Waals surface area contributed by atoms with Crippen LogP contribution < -0.4 is 20.7 Å². The van der Waals surface area contributed by atoms with Crippen molar-refractivity contribution in [1.82, 2.24) is 19.9 Å². The zero-order chi connectivity index (χ0) is 23.1. The molecule has 1 aromatic carbocycles. The first-order chi connectivity index (χ1) is 15.3. The topological polar surface area (TPSA) is 110 Å². The van der Waals surface area contributed by atoms with Gasteiger partial charge in [-0.3, -0.25) is 9.78 Å². The fourth-order valence-corrected chi connectivity index (χ4v) is 3.03. The van der Waals surface area contributed by atoms with Crippen LogP contribution in [0.15, 0.2) is 61.4 Å². The Morgan fingerprint density at radius 2 is 1.94 bits per heavy atom. The third-order valence-electron chi connectivity index (χ3n) is 4.93. The molecule has 9 heteroatoms. The molecule has 0 fully saturated rings. The number of anilines is 2. The fraction of sp³-hybridized carbons (Fsp3) is 0.304. The van der Waals surface area contributed by atoms with E-state index in [9.17, 15) is 9.59 Å². The van der Waals surface area contributed by atoms with Crippen molar-refractivity contribution < 1.29 is 14.3 Å². The number of nitrogens with zero attached hydrogens (tertiary/aromatic N) is 3. The van der Waals surface area contributed by atoms with Gasteiger partial charge >= 0.3 is 6.03 Å². The summed E-state index contributed by atoms with van der Waals surface area (Å²) in [4.78, 5) is 33.1. The smallest absolute Gasteiger partial charge is 0.319 e. The Bertz CT molecular complexity index is 1050. The molecule has 3 rings (SSSR count). The van der Waals surface area contributed by atoms with Gasteiger partial charge in [0.2, 0.25) is 0 Å². The summed E-state index contributed by atoms with van der Waals surface area (Å²) in [6.07, 6.45) is 8.38. The summed E-state index contributed by atoms with van der Waals surface area (Å²) in [5, 5.41) is 8.66. The molecular formula is C23H28N6O3. The molecule has 168 valence electrons. The Morgan fingerprint density at radius 1 is 1.12 bits per heavy atom. The molecule has 3 amide bonds. The highest BCUT2D eigenvalue weighted by Gasteiger charge is 2.26. The largest absolute Gasteiger partial charge is 0.494 e. The van der Waals surface area contributed by atoms with Crippen LogP contribution in [0.2, 0.25) is 0 Å². The van der Waals surface area contributed by atoms with Crippen LogP contribution >= 0.6 is 0 Å². The van der Waals surface area contributed by atoms with E-state index in [1.165, 1.54) is 13.3 Å². The molecule has 2 aromatic heterocycles. The van der Waals surface area contributed by atoms with Gasteiger partial charge in [0.25, 0.3) is 5.91 Å². The summed E-state index contributed by atoms with van der Waals surface area (Å²) in [6, 6.07) is 7.93. The maximum atomic E-state index is 12.7. The van der Waals surface area contributed by atoms with Crippen LogP contribution in [0, 0.1) is 5.41 Å². The quantitative estimate of drug-likeness (QED) is 0.522. The molecule has 3 N–H and O–H groups in total. The third kappa shape index (κ3) is 6.07. The van der Waals surface area contributed by atoms with E-state index in [2.05, 4.69) is 46.7 Å². The maximum absolute atomic E-state index is 12.7. The Kier molecular flexibility index (Phi) is 7.09. The maximum Gasteiger partial charge on any atom is 0.319 e. The Morgan fingerprint density at radius 3 is 2.56 bits per heavy atom. The second kappa shape index (κ2) is 9.95. The molecule has 0 aliphatic carbocycles. The lowest BCUT2D eigenvalue weighted by atomic mass is 9.86. The molecule has 0 bridgehead atoms. The first kappa shape index (κ1) is 22.8. The molecule has 3 aromatic rings. The van der Waals surface area contributed by atoms with Crippen LogP contribution in [0.4, 0.5) is 16.2 Å². The third-order valence-corrected chi connectivity index (χ3v) is 4.93. The number of amides is 3.